The molecule has 0 radical (unpaired) electrons. The first-order valence-electron chi connectivity index (χ1n) is 15.7. The molecule has 1 aliphatic heterocycles. The fourth-order valence-corrected chi connectivity index (χ4v) is 6.50. The van der Waals surface area contributed by atoms with Crippen LogP contribution in [0.25, 0.3) is 0 Å². The number of aliphatic hydroxyl groups excluding tert-OH is 1. The number of pyridine rings is 1. The molecule has 12 heteroatoms. The number of nitrogens with zero attached hydrogens (tertiary/aromatic N) is 3. The maximum absolute atomic E-state index is 14.3. The maximum atomic E-state index is 14.3. The first-order valence-corrected chi connectivity index (χ1v) is 17.1. The van der Waals surface area contributed by atoms with Crippen LogP contribution in [0.5, 0.6) is 5.75 Å². The van der Waals surface area contributed by atoms with E-state index in [1.54, 1.807) is 30.3 Å². The first kappa shape index (κ1) is 35.3. The van der Waals surface area contributed by atoms with E-state index in [1.165, 1.54) is 24.3 Å². The number of sulfonamides is 1. The molecule has 250 valence electrons. The van der Waals surface area contributed by atoms with Gasteiger partial charge in [-0.15, -0.1) is 0 Å². The highest BCUT2D eigenvalue weighted by Crippen LogP contribution is 2.29. The Labute approximate surface area is 271 Å². The summed E-state index contributed by atoms with van der Waals surface area (Å²) in [6, 6.07) is 12.5. The highest BCUT2D eigenvalue weighted by Gasteiger charge is 2.30. The van der Waals surface area contributed by atoms with E-state index in [0.29, 0.717) is 25.4 Å². The van der Waals surface area contributed by atoms with E-state index in [1.807, 2.05) is 33.0 Å². The van der Waals surface area contributed by atoms with E-state index in [-0.39, 0.29) is 47.4 Å². The Morgan fingerprint density at radius 3 is 2.52 bits per heavy atom. The number of hydrogen-bond acceptors (Lipinski definition) is 8. The number of carbonyl (C=O) groups excluding carboxylic acids is 1. The fourth-order valence-electron chi connectivity index (χ4n) is 5.45. The number of likely N-dealkylation sites (N-methyl/N-ethyl adjacent to an activating group) is 1. The molecule has 2 heterocycles. The molecule has 1 aromatic heterocycles. The summed E-state index contributed by atoms with van der Waals surface area (Å²) in [6.07, 6.45) is 5.56. The number of rotatable bonds is 9. The zero-order chi connectivity index (χ0) is 33.3. The molecule has 0 saturated carbocycles. The number of amides is 1. The average molecular weight is 657 g/mol. The van der Waals surface area contributed by atoms with Gasteiger partial charge in [-0.1, -0.05) is 6.92 Å². The van der Waals surface area contributed by atoms with Gasteiger partial charge < -0.3 is 19.5 Å². The summed E-state index contributed by atoms with van der Waals surface area (Å²) < 4.78 is 54.8. The van der Waals surface area contributed by atoms with Gasteiger partial charge in [0, 0.05) is 50.2 Å². The smallest absolute Gasteiger partial charge is 0.261 e. The number of fused-ring (bicyclic) bond motifs is 1. The highest BCUT2D eigenvalue weighted by molar-refractivity contribution is 7.92. The van der Waals surface area contributed by atoms with Gasteiger partial charge in [-0.3, -0.25) is 19.4 Å². The van der Waals surface area contributed by atoms with Crippen molar-refractivity contribution in [3.8, 4) is 5.75 Å². The second-order valence-electron chi connectivity index (χ2n) is 12.1. The molecule has 0 aliphatic carbocycles. The van der Waals surface area contributed by atoms with Crippen molar-refractivity contribution in [3.63, 3.8) is 0 Å². The lowest BCUT2D eigenvalue weighted by molar-refractivity contribution is -0.0177. The Bertz CT molecular complexity index is 1530. The molecule has 46 heavy (non-hydrogen) atoms. The van der Waals surface area contributed by atoms with Crippen molar-refractivity contribution in [2.45, 2.75) is 69.7 Å². The monoisotopic (exact) mass is 656 g/mol. The summed E-state index contributed by atoms with van der Waals surface area (Å²) in [6.45, 7) is 7.66. The summed E-state index contributed by atoms with van der Waals surface area (Å²) in [5.74, 6) is -0.738. The molecular weight excluding hydrogens is 611 g/mol. The number of aromatic nitrogens is 1. The quantitative estimate of drug-likeness (QED) is 0.332. The molecule has 0 fully saturated rings. The fraction of sp³-hybridized carbons (Fsp3) is 0.471. The summed E-state index contributed by atoms with van der Waals surface area (Å²) in [7, 11) is -2.03. The minimum absolute atomic E-state index is 0.107. The number of ether oxygens (including phenoxy) is 2. The van der Waals surface area contributed by atoms with Gasteiger partial charge in [-0.2, -0.15) is 0 Å². The van der Waals surface area contributed by atoms with E-state index < -0.39 is 27.8 Å². The van der Waals surface area contributed by atoms with Crippen LogP contribution in [0.1, 0.15) is 56.0 Å². The van der Waals surface area contributed by atoms with Crippen LogP contribution < -0.4 is 9.46 Å². The summed E-state index contributed by atoms with van der Waals surface area (Å²) >= 11 is 0. The summed E-state index contributed by atoms with van der Waals surface area (Å²) in [5.41, 5.74) is 1.45. The van der Waals surface area contributed by atoms with Crippen molar-refractivity contribution in [1.82, 2.24) is 14.8 Å². The highest BCUT2D eigenvalue weighted by atomic mass is 32.2. The second-order valence-corrected chi connectivity index (χ2v) is 13.8. The van der Waals surface area contributed by atoms with Crippen molar-refractivity contribution < 1.29 is 32.2 Å². The number of nitrogens with one attached hydrogen (secondary N) is 1. The first-order chi connectivity index (χ1) is 22.0. The van der Waals surface area contributed by atoms with Crippen LogP contribution in [0.4, 0.5) is 10.1 Å². The van der Waals surface area contributed by atoms with Crippen molar-refractivity contribution in [2.75, 3.05) is 38.1 Å². The molecule has 2 N–H and O–H groups in total. The molecule has 0 bridgehead atoms. The van der Waals surface area contributed by atoms with Gasteiger partial charge >= 0.3 is 0 Å². The van der Waals surface area contributed by atoms with Crippen molar-refractivity contribution in [2.24, 2.45) is 5.92 Å². The number of aliphatic hydroxyl groups is 1. The van der Waals surface area contributed by atoms with Crippen LogP contribution in [-0.2, 0) is 21.3 Å². The van der Waals surface area contributed by atoms with E-state index in [4.69, 9.17) is 9.47 Å². The molecular formula is C34H45FN4O6S. The minimum atomic E-state index is -4.07. The number of hydrogen-bond donors (Lipinski definition) is 2. The Hall–Kier alpha value is -3.58. The molecule has 4 atom stereocenters. The zero-order valence-corrected chi connectivity index (χ0v) is 27.7. The van der Waals surface area contributed by atoms with Gasteiger partial charge in [0.1, 0.15) is 11.6 Å². The van der Waals surface area contributed by atoms with Gasteiger partial charge in [-0.05, 0) is 100 Å². The lowest BCUT2D eigenvalue weighted by Gasteiger charge is -2.36. The third-order valence-corrected chi connectivity index (χ3v) is 9.52. The van der Waals surface area contributed by atoms with Gasteiger partial charge in [0.15, 0.2) is 0 Å². The Morgan fingerprint density at radius 2 is 1.83 bits per heavy atom. The van der Waals surface area contributed by atoms with Crippen molar-refractivity contribution >= 4 is 21.6 Å². The molecule has 1 amide bonds. The summed E-state index contributed by atoms with van der Waals surface area (Å²) in [5, 5.41) is 10.2. The molecule has 2 aromatic carbocycles. The molecule has 3 aromatic rings. The minimum Gasteiger partial charge on any atom is -0.490 e. The van der Waals surface area contributed by atoms with Crippen LogP contribution in [0, 0.1) is 11.7 Å². The van der Waals surface area contributed by atoms with Gasteiger partial charge in [0.25, 0.3) is 15.9 Å². The third-order valence-electron chi connectivity index (χ3n) is 8.12. The van der Waals surface area contributed by atoms with Crippen molar-refractivity contribution in [1.29, 1.82) is 0 Å². The van der Waals surface area contributed by atoms with E-state index in [0.717, 1.165) is 37.0 Å². The normalized spacial score (nSPS) is 20.8. The van der Waals surface area contributed by atoms with E-state index in [9.17, 15) is 22.7 Å². The van der Waals surface area contributed by atoms with Gasteiger partial charge in [-0.25, -0.2) is 12.8 Å². The Kier molecular flexibility index (Phi) is 12.5. The third kappa shape index (κ3) is 9.71. The Balaban J connectivity index is 1.64. The van der Waals surface area contributed by atoms with E-state index in [2.05, 4.69) is 14.6 Å². The largest absolute Gasteiger partial charge is 0.490 e. The second kappa shape index (κ2) is 16.3. The maximum Gasteiger partial charge on any atom is 0.261 e. The number of anilines is 1. The summed E-state index contributed by atoms with van der Waals surface area (Å²) in [4.78, 5) is 22.1. The number of benzene rings is 2. The van der Waals surface area contributed by atoms with Crippen LogP contribution >= 0.6 is 0 Å². The van der Waals surface area contributed by atoms with Crippen LogP contribution in [0.2, 0.25) is 0 Å². The SMILES string of the molecule is C[C@@H]1CCCCO[C@H](CN(C)Cc2ccncc2)[C@@H](C)CN([C@H](C)CO)C(=O)c2cc(NS(=O)(=O)c3ccc(F)cc3)ccc2O1. The molecule has 1 aliphatic rings. The zero-order valence-electron chi connectivity index (χ0n) is 26.9. The van der Waals surface area contributed by atoms with Crippen LogP contribution in [0.15, 0.2) is 71.9 Å². The lowest BCUT2D eigenvalue weighted by atomic mass is 10.0. The topological polar surface area (TPSA) is 121 Å². The van der Waals surface area contributed by atoms with Gasteiger partial charge in [0.2, 0.25) is 0 Å². The van der Waals surface area contributed by atoms with Gasteiger partial charge in [0.05, 0.1) is 35.3 Å². The standard InChI is InChI=1S/C34H45FN4O6S/c1-24-20-39(25(2)23-40)34(41)31-19-29(37-46(42,43)30-11-8-28(35)9-12-30)10-13-32(31)45-26(3)7-5-6-18-44-33(24)22-38(4)21-27-14-16-36-17-15-27/h8-17,19,24-26,33,37,40H,5-7,18,20-23H2,1-4H3/t24-,25+,26+,33+/m0/s1. The molecule has 0 saturated heterocycles. The van der Waals surface area contributed by atoms with Crippen LogP contribution in [-0.4, -0.2) is 85.8 Å². The van der Waals surface area contributed by atoms with E-state index >= 15 is 0 Å². The number of halogens is 1. The lowest BCUT2D eigenvalue weighted by Crippen LogP contribution is -2.47. The molecule has 10 nitrogen and oxygen atoms in total. The van der Waals surface area contributed by atoms with Crippen LogP contribution in [0.3, 0.4) is 0 Å². The predicted octanol–water partition coefficient (Wildman–Crippen LogP) is 4.95. The molecule has 4 rings (SSSR count). The molecule has 0 spiro atoms. The predicted molar refractivity (Wildman–Crippen MR) is 175 cm³/mol. The Morgan fingerprint density at radius 1 is 1.11 bits per heavy atom. The van der Waals surface area contributed by atoms with Crippen molar-refractivity contribution in [3.05, 3.63) is 83.9 Å². The molecule has 0 unspecified atom stereocenters. The average Bonchev–Trinajstić information content (AvgIpc) is 3.03. The number of carbonyl (C=O) groups is 1.